The Morgan fingerprint density at radius 2 is 1.84 bits per heavy atom. The number of fused-ring (bicyclic) bond motifs is 1. The Morgan fingerprint density at radius 3 is 2.54 bits per heavy atom. The number of aromatic nitrogens is 3. The number of carbonyl (C=O) groups is 1. The number of thiophene rings is 1. The summed E-state index contributed by atoms with van der Waals surface area (Å²) in [4.78, 5) is 23.2. The molecule has 0 radical (unpaired) electrons. The van der Waals surface area contributed by atoms with Crippen molar-refractivity contribution in [3.8, 4) is 10.4 Å². The van der Waals surface area contributed by atoms with E-state index in [1.165, 1.54) is 11.3 Å². The Labute approximate surface area is 221 Å². The van der Waals surface area contributed by atoms with Gasteiger partial charge < -0.3 is 9.12 Å². The number of hydrogen-bond acceptors (Lipinski definition) is 6. The van der Waals surface area contributed by atoms with Crippen LogP contribution in [0.3, 0.4) is 0 Å². The number of amides is 1. The molecule has 5 aromatic rings. The lowest BCUT2D eigenvalue weighted by atomic mass is 10.1. The predicted molar refractivity (Wildman–Crippen MR) is 147 cm³/mol. The molecule has 0 N–H and O–H groups in total. The SMILES string of the molecule is CCCc1nc2c(C)ccnc2n1Cc1ccc(-c2sccc2N(C(=O)c2ccccc2)S(=O)[O-])cc1. The fourth-order valence-electron chi connectivity index (χ4n) is 4.34. The van der Waals surface area contributed by atoms with Crippen LogP contribution in [0.25, 0.3) is 21.6 Å². The Hall–Kier alpha value is -3.66. The summed E-state index contributed by atoms with van der Waals surface area (Å²) in [5.74, 6) is 0.417. The second-order valence-electron chi connectivity index (χ2n) is 8.68. The van der Waals surface area contributed by atoms with Crippen molar-refractivity contribution in [2.75, 3.05) is 4.31 Å². The fourth-order valence-corrected chi connectivity index (χ4v) is 5.84. The first-order valence-corrected chi connectivity index (χ1v) is 13.9. The molecule has 1 unspecified atom stereocenters. The molecule has 0 aliphatic heterocycles. The molecule has 188 valence electrons. The molecule has 7 nitrogen and oxygen atoms in total. The van der Waals surface area contributed by atoms with Gasteiger partial charge in [0.1, 0.15) is 11.3 Å². The van der Waals surface area contributed by atoms with Crippen molar-refractivity contribution in [3.63, 3.8) is 0 Å². The zero-order valence-corrected chi connectivity index (χ0v) is 22.1. The van der Waals surface area contributed by atoms with Gasteiger partial charge in [0.15, 0.2) is 5.65 Å². The van der Waals surface area contributed by atoms with Crippen LogP contribution in [0.15, 0.2) is 78.3 Å². The summed E-state index contributed by atoms with van der Waals surface area (Å²) in [6.45, 7) is 4.81. The van der Waals surface area contributed by atoms with Crippen molar-refractivity contribution in [3.05, 3.63) is 101 Å². The molecule has 37 heavy (non-hydrogen) atoms. The number of aryl methyl sites for hydroxylation is 2. The number of pyridine rings is 1. The highest BCUT2D eigenvalue weighted by Crippen LogP contribution is 2.37. The van der Waals surface area contributed by atoms with Gasteiger partial charge in [0.25, 0.3) is 5.91 Å². The zero-order valence-electron chi connectivity index (χ0n) is 20.5. The fraction of sp³-hybridized carbons (Fsp3) is 0.179. The topological polar surface area (TPSA) is 91.2 Å². The maximum Gasteiger partial charge on any atom is 0.269 e. The van der Waals surface area contributed by atoms with E-state index in [0.717, 1.165) is 50.8 Å². The van der Waals surface area contributed by atoms with E-state index in [9.17, 15) is 13.6 Å². The molecule has 0 saturated carbocycles. The van der Waals surface area contributed by atoms with Gasteiger partial charge in [-0.25, -0.2) is 14.3 Å². The summed E-state index contributed by atoms with van der Waals surface area (Å²) in [6, 6.07) is 20.0. The van der Waals surface area contributed by atoms with E-state index in [0.29, 0.717) is 22.7 Å². The molecule has 3 aromatic heterocycles. The summed E-state index contributed by atoms with van der Waals surface area (Å²) in [6.07, 6.45) is 3.67. The highest BCUT2D eigenvalue weighted by atomic mass is 32.2. The molecule has 3 heterocycles. The third-order valence-electron chi connectivity index (χ3n) is 6.16. The number of rotatable bonds is 8. The van der Waals surface area contributed by atoms with Crippen molar-refractivity contribution >= 4 is 45.4 Å². The second kappa shape index (κ2) is 10.8. The van der Waals surface area contributed by atoms with Gasteiger partial charge >= 0.3 is 0 Å². The summed E-state index contributed by atoms with van der Waals surface area (Å²) in [5, 5.41) is 1.79. The van der Waals surface area contributed by atoms with Gasteiger partial charge in [0.2, 0.25) is 0 Å². The van der Waals surface area contributed by atoms with Gasteiger partial charge in [-0.2, -0.15) is 0 Å². The third kappa shape index (κ3) is 4.98. The highest BCUT2D eigenvalue weighted by molar-refractivity contribution is 7.81. The standard InChI is InChI=1S/C28H26N4O3S2/c1-3-7-24-30-25-19(2)14-16-29-27(25)31(24)18-20-10-12-21(13-11-20)26-23(15-17-36-26)32(37(34)35)28(33)22-8-5-4-6-9-22/h4-6,8-17H,3,7,18H2,1-2H3,(H,34,35)/p-1. The molecular formula is C28H25N4O3S2-. The molecule has 1 atom stereocenters. The van der Waals surface area contributed by atoms with Crippen molar-refractivity contribution in [2.45, 2.75) is 33.2 Å². The monoisotopic (exact) mass is 529 g/mol. The van der Waals surface area contributed by atoms with Gasteiger partial charge in [0, 0.05) is 18.2 Å². The minimum absolute atomic E-state index is 0.304. The minimum atomic E-state index is -2.77. The van der Waals surface area contributed by atoms with Crippen LogP contribution in [0.2, 0.25) is 0 Å². The van der Waals surface area contributed by atoms with Crippen LogP contribution in [-0.4, -0.2) is 29.2 Å². The van der Waals surface area contributed by atoms with E-state index in [1.54, 1.807) is 41.8 Å². The summed E-state index contributed by atoms with van der Waals surface area (Å²) in [5.41, 5.74) is 5.46. The zero-order chi connectivity index (χ0) is 25.9. The first-order chi connectivity index (χ1) is 18.0. The maximum atomic E-state index is 13.0. The van der Waals surface area contributed by atoms with Crippen molar-refractivity contribution in [2.24, 2.45) is 0 Å². The Balaban J connectivity index is 1.46. The van der Waals surface area contributed by atoms with E-state index in [2.05, 4.69) is 16.5 Å². The lowest BCUT2D eigenvalue weighted by molar-refractivity contribution is 0.100. The number of carbonyl (C=O) groups excluding carboxylic acids is 1. The first kappa shape index (κ1) is 25.0. The van der Waals surface area contributed by atoms with E-state index in [-0.39, 0.29) is 0 Å². The van der Waals surface area contributed by atoms with Crippen LogP contribution in [0, 0.1) is 6.92 Å². The molecular weight excluding hydrogens is 504 g/mol. The van der Waals surface area contributed by atoms with E-state index in [4.69, 9.17) is 4.98 Å². The van der Waals surface area contributed by atoms with Gasteiger partial charge in [-0.3, -0.25) is 9.00 Å². The number of anilines is 1. The van der Waals surface area contributed by atoms with E-state index in [1.807, 2.05) is 43.5 Å². The average molecular weight is 530 g/mol. The van der Waals surface area contributed by atoms with Crippen LogP contribution in [0.4, 0.5) is 5.69 Å². The molecule has 0 spiro atoms. The largest absolute Gasteiger partial charge is 0.755 e. The Morgan fingerprint density at radius 1 is 1.08 bits per heavy atom. The quantitative estimate of drug-likeness (QED) is 0.233. The third-order valence-corrected chi connectivity index (χ3v) is 7.78. The lowest BCUT2D eigenvalue weighted by Crippen LogP contribution is -2.32. The van der Waals surface area contributed by atoms with E-state index >= 15 is 0 Å². The highest BCUT2D eigenvalue weighted by Gasteiger charge is 2.23. The molecule has 0 aliphatic rings. The molecule has 0 saturated heterocycles. The molecule has 9 heteroatoms. The first-order valence-electron chi connectivity index (χ1n) is 11.9. The van der Waals surface area contributed by atoms with Crippen molar-refractivity contribution in [1.29, 1.82) is 0 Å². The second-order valence-corrected chi connectivity index (χ2v) is 10.4. The normalized spacial score (nSPS) is 12.1. The summed E-state index contributed by atoms with van der Waals surface area (Å²) >= 11 is -1.38. The van der Waals surface area contributed by atoms with Crippen molar-refractivity contribution < 1.29 is 13.6 Å². The number of nitrogens with zero attached hydrogens (tertiary/aromatic N) is 4. The Bertz CT molecular complexity index is 1580. The number of imidazole rings is 1. The molecule has 2 aromatic carbocycles. The van der Waals surface area contributed by atoms with Crippen LogP contribution in [-0.2, 0) is 24.2 Å². The lowest BCUT2D eigenvalue weighted by Gasteiger charge is -2.24. The predicted octanol–water partition coefficient (Wildman–Crippen LogP) is 5.91. The van der Waals surface area contributed by atoms with Crippen LogP contribution in [0.1, 0.15) is 40.7 Å². The molecule has 0 bridgehead atoms. The van der Waals surface area contributed by atoms with Crippen LogP contribution in [0.5, 0.6) is 0 Å². The number of hydrogen-bond donors (Lipinski definition) is 0. The van der Waals surface area contributed by atoms with Crippen LogP contribution < -0.4 is 4.31 Å². The Kier molecular flexibility index (Phi) is 7.27. The van der Waals surface area contributed by atoms with Gasteiger partial charge in [-0.05, 0) is 59.7 Å². The molecule has 0 fully saturated rings. The van der Waals surface area contributed by atoms with E-state index < -0.39 is 17.2 Å². The average Bonchev–Trinajstić information content (AvgIpc) is 3.51. The van der Waals surface area contributed by atoms with Gasteiger partial charge in [0.05, 0.1) is 28.4 Å². The molecule has 0 aliphatic carbocycles. The minimum Gasteiger partial charge on any atom is -0.755 e. The summed E-state index contributed by atoms with van der Waals surface area (Å²) < 4.78 is 27.3. The van der Waals surface area contributed by atoms with Gasteiger partial charge in [-0.1, -0.05) is 49.4 Å². The maximum absolute atomic E-state index is 13.0. The summed E-state index contributed by atoms with van der Waals surface area (Å²) in [7, 11) is 0. The smallest absolute Gasteiger partial charge is 0.269 e. The van der Waals surface area contributed by atoms with Crippen molar-refractivity contribution in [1.82, 2.24) is 14.5 Å². The molecule has 1 amide bonds. The molecule has 5 rings (SSSR count). The van der Waals surface area contributed by atoms with Gasteiger partial charge in [-0.15, -0.1) is 11.3 Å². The van der Waals surface area contributed by atoms with Crippen LogP contribution >= 0.6 is 11.3 Å². The number of benzene rings is 2.